The second-order valence-electron chi connectivity index (χ2n) is 3.46. The van der Waals surface area contributed by atoms with Gasteiger partial charge in [0.1, 0.15) is 5.82 Å². The standard InChI is InChI=1S/C11H11FO4/c12-9-3-1-7(2-4-9)5-8(11(15)16)6-10(13)14/h1-4,8H,5-6H2,(H,13,14)(H,15,16)/t8-/m1/s1. The van der Waals surface area contributed by atoms with Gasteiger partial charge in [-0.1, -0.05) is 12.1 Å². The van der Waals surface area contributed by atoms with Crippen LogP contribution in [0.25, 0.3) is 0 Å². The van der Waals surface area contributed by atoms with E-state index in [9.17, 15) is 14.0 Å². The number of halogens is 1. The fourth-order valence-corrected chi connectivity index (χ4v) is 1.36. The van der Waals surface area contributed by atoms with Gasteiger partial charge in [-0.25, -0.2) is 4.39 Å². The molecule has 0 amide bonds. The van der Waals surface area contributed by atoms with Crippen LogP contribution in [0.5, 0.6) is 0 Å². The largest absolute Gasteiger partial charge is 0.481 e. The van der Waals surface area contributed by atoms with Crippen molar-refractivity contribution in [2.45, 2.75) is 12.8 Å². The highest BCUT2D eigenvalue weighted by atomic mass is 19.1. The highest BCUT2D eigenvalue weighted by Gasteiger charge is 2.21. The number of hydrogen-bond donors (Lipinski definition) is 2. The Balaban J connectivity index is 2.71. The second kappa shape index (κ2) is 5.25. The van der Waals surface area contributed by atoms with Crippen LogP contribution in [0.1, 0.15) is 12.0 Å². The van der Waals surface area contributed by atoms with Gasteiger partial charge < -0.3 is 10.2 Å². The van der Waals surface area contributed by atoms with Gasteiger partial charge in [-0.15, -0.1) is 0 Å². The zero-order valence-corrected chi connectivity index (χ0v) is 8.39. The molecule has 1 atom stereocenters. The molecular formula is C11H11FO4. The Hall–Kier alpha value is -1.91. The number of benzene rings is 1. The zero-order chi connectivity index (χ0) is 12.1. The third kappa shape index (κ3) is 3.68. The van der Waals surface area contributed by atoms with Crippen molar-refractivity contribution in [1.29, 1.82) is 0 Å². The molecule has 1 aromatic carbocycles. The normalized spacial score (nSPS) is 12.1. The van der Waals surface area contributed by atoms with Crippen LogP contribution >= 0.6 is 0 Å². The number of hydrogen-bond acceptors (Lipinski definition) is 2. The number of carbonyl (C=O) groups is 2. The number of rotatable bonds is 5. The van der Waals surface area contributed by atoms with Crippen LogP contribution in [-0.4, -0.2) is 22.2 Å². The first-order valence-corrected chi connectivity index (χ1v) is 4.68. The predicted octanol–water partition coefficient (Wildman–Crippen LogP) is 1.54. The Morgan fingerprint density at radius 2 is 1.75 bits per heavy atom. The van der Waals surface area contributed by atoms with Gasteiger partial charge in [-0.05, 0) is 24.1 Å². The highest BCUT2D eigenvalue weighted by molar-refractivity contribution is 5.77. The van der Waals surface area contributed by atoms with Gasteiger partial charge in [0.2, 0.25) is 0 Å². The molecule has 0 aliphatic carbocycles. The molecule has 0 saturated carbocycles. The molecule has 0 radical (unpaired) electrons. The van der Waals surface area contributed by atoms with Crippen LogP contribution in [-0.2, 0) is 16.0 Å². The first-order chi connectivity index (χ1) is 7.49. The molecule has 0 unspecified atom stereocenters. The highest BCUT2D eigenvalue weighted by Crippen LogP contribution is 2.13. The van der Waals surface area contributed by atoms with E-state index in [1.165, 1.54) is 24.3 Å². The molecule has 0 aromatic heterocycles. The van der Waals surface area contributed by atoms with Gasteiger partial charge in [0.25, 0.3) is 0 Å². The Labute approximate surface area is 91.3 Å². The summed E-state index contributed by atoms with van der Waals surface area (Å²) in [5, 5.41) is 17.3. The van der Waals surface area contributed by atoms with Crippen molar-refractivity contribution in [2.75, 3.05) is 0 Å². The Bertz CT molecular complexity index is 385. The average Bonchev–Trinajstić information content (AvgIpc) is 2.19. The molecule has 5 heteroatoms. The van der Waals surface area contributed by atoms with E-state index in [4.69, 9.17) is 10.2 Å². The average molecular weight is 226 g/mol. The summed E-state index contributed by atoms with van der Waals surface area (Å²) in [6.07, 6.45) is -0.353. The lowest BCUT2D eigenvalue weighted by molar-refractivity contribution is -0.148. The van der Waals surface area contributed by atoms with E-state index in [-0.39, 0.29) is 6.42 Å². The van der Waals surface area contributed by atoms with Gasteiger partial charge in [-0.3, -0.25) is 9.59 Å². The van der Waals surface area contributed by atoms with Crippen molar-refractivity contribution >= 4 is 11.9 Å². The molecule has 0 bridgehead atoms. The summed E-state index contributed by atoms with van der Waals surface area (Å²) in [6.45, 7) is 0. The van der Waals surface area contributed by atoms with E-state index in [2.05, 4.69) is 0 Å². The molecule has 0 heterocycles. The molecule has 0 saturated heterocycles. The quantitative estimate of drug-likeness (QED) is 0.798. The Morgan fingerprint density at radius 1 is 1.19 bits per heavy atom. The maximum atomic E-state index is 12.6. The van der Waals surface area contributed by atoms with Crippen molar-refractivity contribution in [3.63, 3.8) is 0 Å². The van der Waals surface area contributed by atoms with E-state index in [1.54, 1.807) is 0 Å². The van der Waals surface area contributed by atoms with Gasteiger partial charge >= 0.3 is 11.9 Å². The minimum Gasteiger partial charge on any atom is -0.481 e. The Morgan fingerprint density at radius 3 is 2.19 bits per heavy atom. The topological polar surface area (TPSA) is 74.6 Å². The monoisotopic (exact) mass is 226 g/mol. The molecule has 0 aliphatic rings. The van der Waals surface area contributed by atoms with Crippen LogP contribution in [0.15, 0.2) is 24.3 Å². The molecule has 4 nitrogen and oxygen atoms in total. The van der Waals surface area contributed by atoms with Crippen LogP contribution in [0.4, 0.5) is 4.39 Å². The molecular weight excluding hydrogens is 215 g/mol. The number of carboxylic acid groups (broad SMARTS) is 2. The number of aliphatic carboxylic acids is 2. The maximum absolute atomic E-state index is 12.6. The van der Waals surface area contributed by atoms with Crippen molar-refractivity contribution in [3.05, 3.63) is 35.6 Å². The van der Waals surface area contributed by atoms with Crippen molar-refractivity contribution < 1.29 is 24.2 Å². The minimum atomic E-state index is -1.16. The molecule has 0 spiro atoms. The third-order valence-electron chi connectivity index (χ3n) is 2.17. The lowest BCUT2D eigenvalue weighted by Crippen LogP contribution is -2.20. The van der Waals surface area contributed by atoms with E-state index in [1.807, 2.05) is 0 Å². The van der Waals surface area contributed by atoms with Crippen LogP contribution in [0.2, 0.25) is 0 Å². The summed E-state index contributed by atoms with van der Waals surface area (Å²) >= 11 is 0. The van der Waals surface area contributed by atoms with Crippen LogP contribution in [0, 0.1) is 11.7 Å². The summed E-state index contributed by atoms with van der Waals surface area (Å²) in [5.41, 5.74) is 0.607. The summed E-state index contributed by atoms with van der Waals surface area (Å²) in [4.78, 5) is 21.2. The van der Waals surface area contributed by atoms with Gasteiger partial charge in [-0.2, -0.15) is 0 Å². The first-order valence-electron chi connectivity index (χ1n) is 4.68. The van der Waals surface area contributed by atoms with E-state index in [0.717, 1.165) is 0 Å². The fourth-order valence-electron chi connectivity index (χ4n) is 1.36. The third-order valence-corrected chi connectivity index (χ3v) is 2.17. The SMILES string of the molecule is O=C(O)C[C@@H](Cc1ccc(F)cc1)C(=O)O. The predicted molar refractivity (Wildman–Crippen MR) is 53.5 cm³/mol. The maximum Gasteiger partial charge on any atom is 0.307 e. The summed E-state index contributed by atoms with van der Waals surface area (Å²) < 4.78 is 12.6. The van der Waals surface area contributed by atoms with E-state index in [0.29, 0.717) is 5.56 Å². The second-order valence-corrected chi connectivity index (χ2v) is 3.46. The van der Waals surface area contributed by atoms with Gasteiger partial charge in [0, 0.05) is 0 Å². The zero-order valence-electron chi connectivity index (χ0n) is 8.39. The van der Waals surface area contributed by atoms with Gasteiger partial charge in [0.15, 0.2) is 0 Å². The lowest BCUT2D eigenvalue weighted by Gasteiger charge is -2.09. The van der Waals surface area contributed by atoms with E-state index < -0.39 is 30.1 Å². The van der Waals surface area contributed by atoms with Crippen LogP contribution < -0.4 is 0 Å². The molecule has 1 aromatic rings. The summed E-state index contributed by atoms with van der Waals surface area (Å²) in [7, 11) is 0. The number of carboxylic acids is 2. The summed E-state index contributed by atoms with van der Waals surface area (Å²) in [6, 6.07) is 5.34. The molecule has 2 N–H and O–H groups in total. The summed E-state index contributed by atoms with van der Waals surface area (Å²) in [5.74, 6) is -3.71. The molecule has 16 heavy (non-hydrogen) atoms. The Kier molecular flexibility index (Phi) is 3.99. The van der Waals surface area contributed by atoms with Crippen molar-refractivity contribution in [2.24, 2.45) is 5.92 Å². The van der Waals surface area contributed by atoms with Gasteiger partial charge in [0.05, 0.1) is 12.3 Å². The molecule has 86 valence electrons. The van der Waals surface area contributed by atoms with Crippen molar-refractivity contribution in [3.8, 4) is 0 Å². The fraction of sp³-hybridized carbons (Fsp3) is 0.273. The molecule has 0 fully saturated rings. The minimum absolute atomic E-state index is 0.0852. The smallest absolute Gasteiger partial charge is 0.307 e. The first kappa shape index (κ1) is 12.2. The van der Waals surface area contributed by atoms with Crippen molar-refractivity contribution in [1.82, 2.24) is 0 Å². The molecule has 0 aliphatic heterocycles. The van der Waals surface area contributed by atoms with E-state index >= 15 is 0 Å². The molecule has 1 rings (SSSR count). The lowest BCUT2D eigenvalue weighted by atomic mass is 9.96. The van der Waals surface area contributed by atoms with Crippen LogP contribution in [0.3, 0.4) is 0 Å².